The van der Waals surface area contributed by atoms with E-state index < -0.39 is 5.91 Å². The van der Waals surface area contributed by atoms with Gasteiger partial charge in [-0.25, -0.2) is 5.48 Å². The summed E-state index contributed by atoms with van der Waals surface area (Å²) < 4.78 is 0. The summed E-state index contributed by atoms with van der Waals surface area (Å²) in [6.45, 7) is 6.35. The fraction of sp³-hybridized carbons (Fsp3) is 0.562. The van der Waals surface area contributed by atoms with E-state index in [1.807, 2.05) is 6.08 Å². The smallest absolute Gasteiger partial charge is 0.274 e. The highest BCUT2D eigenvalue weighted by atomic mass is 16.5. The van der Waals surface area contributed by atoms with Crippen molar-refractivity contribution in [2.45, 2.75) is 32.1 Å². The van der Waals surface area contributed by atoms with Gasteiger partial charge in [0.05, 0.1) is 0 Å². The molecular weight excluding hydrogens is 252 g/mol. The van der Waals surface area contributed by atoms with Gasteiger partial charge in [-0.2, -0.15) is 0 Å². The average Bonchev–Trinajstić information content (AvgIpc) is 2.77. The van der Waals surface area contributed by atoms with Crippen LogP contribution in [0, 0.1) is 5.41 Å². The molecule has 2 rings (SSSR count). The van der Waals surface area contributed by atoms with Crippen LogP contribution in [-0.2, 0) is 4.79 Å². The van der Waals surface area contributed by atoms with Crippen molar-refractivity contribution >= 4 is 5.91 Å². The third-order valence-electron chi connectivity index (χ3n) is 4.33. The Hall–Kier alpha value is -1.39. The van der Waals surface area contributed by atoms with Gasteiger partial charge in [0, 0.05) is 12.1 Å². The molecule has 1 heterocycles. The Labute approximate surface area is 120 Å². The van der Waals surface area contributed by atoms with E-state index in [0.717, 1.165) is 37.9 Å². The van der Waals surface area contributed by atoms with Crippen LogP contribution in [0.3, 0.4) is 0 Å². The summed E-state index contributed by atoms with van der Waals surface area (Å²) in [7, 11) is 2.16. The van der Waals surface area contributed by atoms with Crippen LogP contribution in [0.1, 0.15) is 32.1 Å². The van der Waals surface area contributed by atoms with Gasteiger partial charge in [0.1, 0.15) is 0 Å². The number of nitrogens with zero attached hydrogens (tertiary/aromatic N) is 1. The molecule has 0 aromatic carbocycles. The Morgan fingerprint density at radius 2 is 2.30 bits per heavy atom. The second-order valence-corrected chi connectivity index (χ2v) is 6.16. The van der Waals surface area contributed by atoms with Gasteiger partial charge in [0.15, 0.2) is 0 Å². The lowest BCUT2D eigenvalue weighted by molar-refractivity contribution is -0.124. The Balaban J connectivity index is 2.20. The summed E-state index contributed by atoms with van der Waals surface area (Å²) in [5.41, 5.74) is 3.44. The molecule has 110 valence electrons. The Morgan fingerprint density at radius 3 is 2.95 bits per heavy atom. The monoisotopic (exact) mass is 276 g/mol. The van der Waals surface area contributed by atoms with Crippen LogP contribution in [0.25, 0.3) is 0 Å². The van der Waals surface area contributed by atoms with Gasteiger partial charge < -0.3 is 4.90 Å². The number of hydrogen-bond acceptors (Lipinski definition) is 3. The number of allylic oxidation sites excluding steroid dienone is 3. The maximum absolute atomic E-state index is 11.6. The SMILES string of the molecule is C=C1/C=C(C(=O)NO)\C=C/CCC[C@@]2(CCN(C)C2)C1. The molecular formula is C16H24N2O2. The maximum Gasteiger partial charge on any atom is 0.274 e. The zero-order chi connectivity index (χ0) is 14.6. The van der Waals surface area contributed by atoms with E-state index in [0.29, 0.717) is 11.0 Å². The molecule has 0 saturated carbocycles. The zero-order valence-electron chi connectivity index (χ0n) is 12.2. The average molecular weight is 276 g/mol. The van der Waals surface area contributed by atoms with E-state index in [9.17, 15) is 4.79 Å². The molecule has 4 heteroatoms. The predicted octanol–water partition coefficient (Wildman–Crippen LogP) is 2.43. The van der Waals surface area contributed by atoms with Gasteiger partial charge in [-0.05, 0) is 57.2 Å². The molecule has 1 aliphatic heterocycles. The van der Waals surface area contributed by atoms with Crippen molar-refractivity contribution in [1.29, 1.82) is 0 Å². The van der Waals surface area contributed by atoms with Crippen molar-refractivity contribution < 1.29 is 10.0 Å². The molecule has 0 aromatic heterocycles. The standard InChI is InChI=1S/C16H24N2O2/c1-13-10-14(15(19)17-20)6-4-3-5-7-16(11-13)8-9-18(2)12-16/h4,6,10,20H,1,3,5,7-9,11-12H2,2H3,(H,17,19)/b6-4-,14-10+/t16-/m1/s1. The lowest BCUT2D eigenvalue weighted by atomic mass is 9.76. The first-order valence-electron chi connectivity index (χ1n) is 7.24. The molecule has 1 atom stereocenters. The van der Waals surface area contributed by atoms with E-state index in [2.05, 4.69) is 18.5 Å². The lowest BCUT2D eigenvalue weighted by Crippen LogP contribution is -2.26. The largest absolute Gasteiger partial charge is 0.306 e. The molecule has 4 nitrogen and oxygen atoms in total. The zero-order valence-corrected chi connectivity index (χ0v) is 12.2. The number of carbonyl (C=O) groups excluding carboxylic acids is 1. The van der Waals surface area contributed by atoms with Crippen molar-refractivity contribution in [2.75, 3.05) is 20.1 Å². The molecule has 1 saturated heterocycles. The normalized spacial score (nSPS) is 32.7. The van der Waals surface area contributed by atoms with Crippen molar-refractivity contribution in [2.24, 2.45) is 5.41 Å². The van der Waals surface area contributed by atoms with E-state index in [1.165, 1.54) is 12.8 Å². The van der Waals surface area contributed by atoms with Crippen LogP contribution in [-0.4, -0.2) is 36.2 Å². The van der Waals surface area contributed by atoms with Crippen molar-refractivity contribution in [3.8, 4) is 0 Å². The minimum atomic E-state index is -0.472. The van der Waals surface area contributed by atoms with Gasteiger partial charge in [0.25, 0.3) is 5.91 Å². The molecule has 1 fully saturated rings. The van der Waals surface area contributed by atoms with Crippen LogP contribution < -0.4 is 5.48 Å². The Kier molecular flexibility index (Phi) is 4.78. The topological polar surface area (TPSA) is 52.6 Å². The van der Waals surface area contributed by atoms with Crippen molar-refractivity contribution in [3.05, 3.63) is 36.0 Å². The van der Waals surface area contributed by atoms with E-state index >= 15 is 0 Å². The minimum absolute atomic E-state index is 0.300. The summed E-state index contributed by atoms with van der Waals surface area (Å²) in [5.74, 6) is -0.472. The Bertz CT molecular complexity index is 453. The molecule has 20 heavy (non-hydrogen) atoms. The number of carbonyl (C=O) groups is 1. The Morgan fingerprint density at radius 1 is 1.50 bits per heavy atom. The van der Waals surface area contributed by atoms with Gasteiger partial charge in [0.2, 0.25) is 0 Å². The first-order chi connectivity index (χ1) is 9.54. The maximum atomic E-state index is 11.6. The van der Waals surface area contributed by atoms with Crippen LogP contribution in [0.4, 0.5) is 0 Å². The van der Waals surface area contributed by atoms with Crippen LogP contribution >= 0.6 is 0 Å². The van der Waals surface area contributed by atoms with E-state index in [-0.39, 0.29) is 0 Å². The number of nitrogens with one attached hydrogen (secondary N) is 1. The second kappa shape index (κ2) is 6.37. The highest BCUT2D eigenvalue weighted by Gasteiger charge is 2.36. The van der Waals surface area contributed by atoms with E-state index in [4.69, 9.17) is 5.21 Å². The quantitative estimate of drug-likeness (QED) is 0.571. The molecule has 1 aliphatic carbocycles. The summed E-state index contributed by atoms with van der Waals surface area (Å²) >= 11 is 0. The number of hydrogen-bond donors (Lipinski definition) is 2. The summed E-state index contributed by atoms with van der Waals surface area (Å²) in [6.07, 6.45) is 11.0. The molecule has 1 amide bonds. The number of amides is 1. The third kappa shape index (κ3) is 3.58. The summed E-state index contributed by atoms with van der Waals surface area (Å²) in [5, 5.41) is 8.79. The molecule has 0 aromatic rings. The molecule has 1 spiro atoms. The number of likely N-dealkylation sites (tertiary alicyclic amines) is 1. The molecule has 0 unspecified atom stereocenters. The van der Waals surface area contributed by atoms with Crippen LogP contribution in [0.15, 0.2) is 36.0 Å². The molecule has 2 aliphatic rings. The highest BCUT2D eigenvalue weighted by Crippen LogP contribution is 2.41. The first kappa shape index (κ1) is 15.0. The van der Waals surface area contributed by atoms with Crippen molar-refractivity contribution in [3.63, 3.8) is 0 Å². The summed E-state index contributed by atoms with van der Waals surface area (Å²) in [6, 6.07) is 0. The van der Waals surface area contributed by atoms with E-state index in [1.54, 1.807) is 17.6 Å². The highest BCUT2D eigenvalue weighted by molar-refractivity contribution is 5.95. The molecule has 2 N–H and O–H groups in total. The van der Waals surface area contributed by atoms with Crippen LogP contribution in [0.2, 0.25) is 0 Å². The van der Waals surface area contributed by atoms with Gasteiger partial charge in [-0.3, -0.25) is 10.0 Å². The third-order valence-corrected chi connectivity index (χ3v) is 4.33. The number of hydroxylamine groups is 1. The first-order valence-corrected chi connectivity index (χ1v) is 7.24. The lowest BCUT2D eigenvalue weighted by Gasteiger charge is -2.30. The predicted molar refractivity (Wildman–Crippen MR) is 79.3 cm³/mol. The summed E-state index contributed by atoms with van der Waals surface area (Å²) in [4.78, 5) is 14.0. The van der Waals surface area contributed by atoms with Gasteiger partial charge in [-0.1, -0.05) is 24.3 Å². The van der Waals surface area contributed by atoms with Crippen LogP contribution in [0.5, 0.6) is 0 Å². The second-order valence-electron chi connectivity index (χ2n) is 6.16. The van der Waals surface area contributed by atoms with Gasteiger partial charge in [-0.15, -0.1) is 0 Å². The van der Waals surface area contributed by atoms with Gasteiger partial charge >= 0.3 is 0 Å². The minimum Gasteiger partial charge on any atom is -0.306 e. The molecule has 0 radical (unpaired) electrons. The molecule has 0 bridgehead atoms. The fourth-order valence-corrected chi connectivity index (χ4v) is 3.41. The number of rotatable bonds is 1. The van der Waals surface area contributed by atoms with Crippen molar-refractivity contribution in [1.82, 2.24) is 10.4 Å². The fourth-order valence-electron chi connectivity index (χ4n) is 3.41.